The molecule has 128 valence electrons. The number of unbranched alkanes of at least 4 members (excludes halogenated alkanes) is 3. The van der Waals surface area contributed by atoms with Gasteiger partial charge in [-0.2, -0.15) is 5.10 Å². The van der Waals surface area contributed by atoms with Crippen LogP contribution in [0.2, 0.25) is 0 Å². The second kappa shape index (κ2) is 9.88. The van der Waals surface area contributed by atoms with E-state index in [2.05, 4.69) is 17.5 Å². The molecule has 0 atom stereocenters. The minimum absolute atomic E-state index is 0.227. The van der Waals surface area contributed by atoms with Gasteiger partial charge in [-0.15, -0.1) is 11.3 Å². The molecule has 0 aliphatic carbocycles. The minimum Gasteiger partial charge on any atom is -0.494 e. The monoisotopic (exact) mass is 344 g/mol. The molecule has 5 heteroatoms. The van der Waals surface area contributed by atoms with Crippen molar-refractivity contribution in [2.75, 3.05) is 6.61 Å². The number of benzene rings is 1. The van der Waals surface area contributed by atoms with Gasteiger partial charge in [-0.1, -0.05) is 26.2 Å². The molecule has 1 heterocycles. The quantitative estimate of drug-likeness (QED) is 0.404. The molecule has 1 aromatic carbocycles. The normalized spacial score (nSPS) is 10.9. The van der Waals surface area contributed by atoms with Crippen molar-refractivity contribution in [3.8, 4) is 5.75 Å². The fraction of sp³-hybridized carbons (Fsp3) is 0.368. The Balaban J connectivity index is 1.78. The number of nitrogens with zero attached hydrogens (tertiary/aromatic N) is 1. The summed E-state index contributed by atoms with van der Waals surface area (Å²) in [6.45, 7) is 4.92. The lowest BCUT2D eigenvalue weighted by Gasteiger charge is -2.06. The molecular weight excluding hydrogens is 320 g/mol. The molecule has 0 aliphatic rings. The number of hydrazone groups is 1. The Morgan fingerprint density at radius 1 is 1.21 bits per heavy atom. The number of ether oxygens (including phenoxy) is 1. The fourth-order valence-electron chi connectivity index (χ4n) is 2.15. The lowest BCUT2D eigenvalue weighted by Crippen LogP contribution is -2.17. The van der Waals surface area contributed by atoms with Crippen molar-refractivity contribution in [2.24, 2.45) is 5.10 Å². The van der Waals surface area contributed by atoms with Crippen LogP contribution in [-0.4, -0.2) is 18.7 Å². The first-order valence-corrected chi connectivity index (χ1v) is 9.19. The molecule has 4 nitrogen and oxygen atoms in total. The van der Waals surface area contributed by atoms with E-state index in [4.69, 9.17) is 4.74 Å². The van der Waals surface area contributed by atoms with Gasteiger partial charge in [-0.05, 0) is 54.6 Å². The first-order valence-electron chi connectivity index (χ1n) is 8.31. The highest BCUT2D eigenvalue weighted by atomic mass is 32.1. The number of rotatable bonds is 9. The van der Waals surface area contributed by atoms with E-state index in [-0.39, 0.29) is 5.91 Å². The molecule has 0 radical (unpaired) electrons. The van der Waals surface area contributed by atoms with Crippen LogP contribution in [0.3, 0.4) is 0 Å². The molecule has 0 fully saturated rings. The largest absolute Gasteiger partial charge is 0.494 e. The summed E-state index contributed by atoms with van der Waals surface area (Å²) in [6, 6.07) is 9.17. The zero-order chi connectivity index (χ0) is 17.2. The fourth-order valence-corrected chi connectivity index (χ4v) is 2.94. The van der Waals surface area contributed by atoms with Crippen LogP contribution in [0.15, 0.2) is 40.8 Å². The average Bonchev–Trinajstić information content (AvgIpc) is 3.00. The molecule has 2 rings (SSSR count). The van der Waals surface area contributed by atoms with Crippen molar-refractivity contribution < 1.29 is 9.53 Å². The number of hydrogen-bond donors (Lipinski definition) is 1. The maximum absolute atomic E-state index is 12.0. The number of thiophene rings is 1. The van der Waals surface area contributed by atoms with Crippen molar-refractivity contribution >= 4 is 23.5 Å². The van der Waals surface area contributed by atoms with Crippen molar-refractivity contribution in [2.45, 2.75) is 39.5 Å². The van der Waals surface area contributed by atoms with Crippen molar-refractivity contribution in [3.05, 3.63) is 51.7 Å². The Morgan fingerprint density at radius 3 is 2.67 bits per heavy atom. The van der Waals surface area contributed by atoms with Crippen molar-refractivity contribution in [3.63, 3.8) is 0 Å². The Labute approximate surface area is 147 Å². The van der Waals surface area contributed by atoms with Crippen LogP contribution in [0.5, 0.6) is 5.75 Å². The van der Waals surface area contributed by atoms with Gasteiger partial charge in [0.2, 0.25) is 0 Å². The molecule has 0 saturated carbocycles. The van der Waals surface area contributed by atoms with Gasteiger partial charge in [0.15, 0.2) is 0 Å². The van der Waals surface area contributed by atoms with E-state index >= 15 is 0 Å². The number of amides is 1. The van der Waals surface area contributed by atoms with Gasteiger partial charge in [-0.25, -0.2) is 5.43 Å². The third kappa shape index (κ3) is 5.81. The van der Waals surface area contributed by atoms with Gasteiger partial charge in [0.1, 0.15) is 5.75 Å². The molecule has 24 heavy (non-hydrogen) atoms. The summed E-state index contributed by atoms with van der Waals surface area (Å²) in [7, 11) is 0. The van der Waals surface area contributed by atoms with E-state index in [0.29, 0.717) is 5.56 Å². The topological polar surface area (TPSA) is 50.7 Å². The van der Waals surface area contributed by atoms with Crippen molar-refractivity contribution in [1.29, 1.82) is 0 Å². The third-order valence-electron chi connectivity index (χ3n) is 3.63. The maximum atomic E-state index is 12.0. The molecule has 0 bridgehead atoms. The molecule has 1 amide bonds. The van der Waals surface area contributed by atoms with Crippen LogP contribution in [0.4, 0.5) is 0 Å². The Hall–Kier alpha value is -2.14. The van der Waals surface area contributed by atoms with Crippen LogP contribution in [0.25, 0.3) is 0 Å². The predicted octanol–water partition coefficient (Wildman–Crippen LogP) is 4.78. The van der Waals surface area contributed by atoms with Crippen LogP contribution in [-0.2, 0) is 0 Å². The van der Waals surface area contributed by atoms with Gasteiger partial charge in [0, 0.05) is 10.4 Å². The van der Waals surface area contributed by atoms with Crippen LogP contribution < -0.4 is 10.2 Å². The van der Waals surface area contributed by atoms with Gasteiger partial charge in [0.05, 0.1) is 12.8 Å². The molecule has 0 aliphatic heterocycles. The Bertz CT molecular complexity index is 662. The number of hydrogen-bond acceptors (Lipinski definition) is 4. The highest BCUT2D eigenvalue weighted by Crippen LogP contribution is 2.14. The van der Waals surface area contributed by atoms with Gasteiger partial charge >= 0.3 is 0 Å². The molecule has 2 aromatic rings. The third-order valence-corrected chi connectivity index (χ3v) is 4.59. The highest BCUT2D eigenvalue weighted by molar-refractivity contribution is 7.11. The average molecular weight is 344 g/mol. The number of carbonyl (C=O) groups is 1. The van der Waals surface area contributed by atoms with E-state index < -0.39 is 0 Å². The zero-order valence-electron chi connectivity index (χ0n) is 14.2. The van der Waals surface area contributed by atoms with E-state index in [0.717, 1.165) is 29.2 Å². The number of aryl methyl sites for hydroxylation is 1. The molecule has 0 unspecified atom stereocenters. The zero-order valence-corrected chi connectivity index (χ0v) is 15.1. The summed E-state index contributed by atoms with van der Waals surface area (Å²) in [5.41, 5.74) is 4.26. The minimum atomic E-state index is -0.227. The molecule has 0 spiro atoms. The SMILES string of the molecule is CCCCCCOc1ccc(C(=O)N/N=C/c2sccc2C)cc1. The standard InChI is InChI=1S/C19H24N2O2S/c1-3-4-5-6-12-23-17-9-7-16(8-10-17)19(22)21-20-14-18-15(2)11-13-24-18/h7-11,13-14H,3-6,12H2,1-2H3,(H,21,22)/b20-14+. The van der Waals surface area contributed by atoms with E-state index in [1.54, 1.807) is 29.7 Å². The maximum Gasteiger partial charge on any atom is 0.271 e. The van der Waals surface area contributed by atoms with E-state index in [9.17, 15) is 4.79 Å². The number of nitrogens with one attached hydrogen (secondary N) is 1. The molecular formula is C19H24N2O2S. The summed E-state index contributed by atoms with van der Waals surface area (Å²) in [4.78, 5) is 13.1. The second-order valence-electron chi connectivity index (χ2n) is 5.60. The Kier molecular flexibility index (Phi) is 7.49. The van der Waals surface area contributed by atoms with Gasteiger partial charge < -0.3 is 4.74 Å². The van der Waals surface area contributed by atoms with E-state index in [1.165, 1.54) is 19.3 Å². The van der Waals surface area contributed by atoms with Gasteiger partial charge in [-0.3, -0.25) is 4.79 Å². The summed E-state index contributed by atoms with van der Waals surface area (Å²) in [5.74, 6) is 0.565. The lowest BCUT2D eigenvalue weighted by molar-refractivity contribution is 0.0955. The first-order chi connectivity index (χ1) is 11.7. The number of carbonyl (C=O) groups excluding carboxylic acids is 1. The predicted molar refractivity (Wildman–Crippen MR) is 100 cm³/mol. The molecule has 1 aromatic heterocycles. The first kappa shape index (κ1) is 18.2. The smallest absolute Gasteiger partial charge is 0.271 e. The summed E-state index contributed by atoms with van der Waals surface area (Å²) in [6.07, 6.45) is 6.39. The summed E-state index contributed by atoms with van der Waals surface area (Å²) >= 11 is 1.59. The molecule has 1 N–H and O–H groups in total. The van der Waals surface area contributed by atoms with Crippen molar-refractivity contribution in [1.82, 2.24) is 5.43 Å². The van der Waals surface area contributed by atoms with E-state index in [1.807, 2.05) is 30.5 Å². The summed E-state index contributed by atoms with van der Waals surface area (Å²) in [5, 5.41) is 6.01. The van der Waals surface area contributed by atoms with Crippen LogP contribution in [0, 0.1) is 6.92 Å². The molecule has 0 saturated heterocycles. The lowest BCUT2D eigenvalue weighted by atomic mass is 10.2. The second-order valence-corrected chi connectivity index (χ2v) is 6.55. The van der Waals surface area contributed by atoms with Crippen LogP contribution in [0.1, 0.15) is 53.4 Å². The Morgan fingerprint density at radius 2 is 2.00 bits per heavy atom. The highest BCUT2D eigenvalue weighted by Gasteiger charge is 2.04. The van der Waals surface area contributed by atoms with Gasteiger partial charge in [0.25, 0.3) is 5.91 Å². The van der Waals surface area contributed by atoms with Crippen LogP contribution >= 0.6 is 11.3 Å². The summed E-state index contributed by atoms with van der Waals surface area (Å²) < 4.78 is 5.67.